The van der Waals surface area contributed by atoms with E-state index in [2.05, 4.69) is 32.7 Å². The maximum Gasteiger partial charge on any atom is 0.264 e. The summed E-state index contributed by atoms with van der Waals surface area (Å²) >= 11 is 3.81. The van der Waals surface area contributed by atoms with E-state index in [1.54, 1.807) is 11.3 Å². The van der Waals surface area contributed by atoms with E-state index in [0.29, 0.717) is 11.7 Å². The van der Waals surface area contributed by atoms with Gasteiger partial charge in [0.15, 0.2) is 6.61 Å². The summed E-state index contributed by atoms with van der Waals surface area (Å²) in [7, 11) is 0. The molecule has 0 saturated carbocycles. The number of ether oxygens (including phenoxy) is 1. The summed E-state index contributed by atoms with van der Waals surface area (Å²) in [5, 5.41) is 5.92. The molecular formula is C13H9IN2O2S. The van der Waals surface area contributed by atoms with Crippen molar-refractivity contribution >= 4 is 33.9 Å². The minimum absolute atomic E-state index is 0.276. The Kier molecular flexibility index (Phi) is 3.79. The van der Waals surface area contributed by atoms with Crippen molar-refractivity contribution in [3.63, 3.8) is 0 Å². The highest BCUT2D eigenvalue weighted by molar-refractivity contribution is 14.1. The lowest BCUT2D eigenvalue weighted by atomic mass is 10.3. The molecule has 0 aliphatic rings. The smallest absolute Gasteiger partial charge is 0.264 e. The van der Waals surface area contributed by atoms with E-state index < -0.39 is 0 Å². The molecule has 0 saturated heterocycles. The molecule has 4 nitrogen and oxygen atoms in total. The fourth-order valence-corrected chi connectivity index (χ4v) is 2.71. The van der Waals surface area contributed by atoms with Crippen molar-refractivity contribution in [2.75, 3.05) is 0 Å². The summed E-state index contributed by atoms with van der Waals surface area (Å²) in [6.45, 7) is 0.276. The predicted octanol–water partition coefficient (Wildman–Crippen LogP) is 3.98. The molecule has 0 amide bonds. The zero-order chi connectivity index (χ0) is 13.1. The van der Waals surface area contributed by atoms with E-state index in [0.717, 1.165) is 14.2 Å². The number of halogens is 1. The van der Waals surface area contributed by atoms with Crippen molar-refractivity contribution in [2.24, 2.45) is 0 Å². The maximum atomic E-state index is 5.65. The topological polar surface area (TPSA) is 48.2 Å². The first-order chi connectivity index (χ1) is 9.33. The minimum atomic E-state index is 0.276. The standard InChI is InChI=1S/C13H9IN2O2S/c14-9-4-1-2-5-10(9)17-8-12-15-13(16-18-12)11-6-3-7-19-11/h1-7H,8H2. The monoisotopic (exact) mass is 384 g/mol. The first-order valence-corrected chi connectivity index (χ1v) is 7.52. The number of hydrogen-bond donors (Lipinski definition) is 0. The normalized spacial score (nSPS) is 10.6. The fraction of sp³-hybridized carbons (Fsp3) is 0.0769. The maximum absolute atomic E-state index is 5.65. The van der Waals surface area contributed by atoms with Gasteiger partial charge in [0.1, 0.15) is 5.75 Å². The second-order valence-corrected chi connectivity index (χ2v) is 5.82. The largest absolute Gasteiger partial charge is 0.483 e. The second-order valence-electron chi connectivity index (χ2n) is 3.71. The zero-order valence-electron chi connectivity index (χ0n) is 9.75. The lowest BCUT2D eigenvalue weighted by Crippen LogP contribution is -1.97. The van der Waals surface area contributed by atoms with Gasteiger partial charge in [0.25, 0.3) is 5.89 Å². The molecule has 2 heterocycles. The van der Waals surface area contributed by atoms with E-state index in [9.17, 15) is 0 Å². The summed E-state index contributed by atoms with van der Waals surface area (Å²) in [6, 6.07) is 11.7. The predicted molar refractivity (Wildman–Crippen MR) is 81.1 cm³/mol. The van der Waals surface area contributed by atoms with Crippen LogP contribution in [0.15, 0.2) is 46.3 Å². The van der Waals surface area contributed by atoms with E-state index in [1.807, 2.05) is 41.8 Å². The van der Waals surface area contributed by atoms with Crippen LogP contribution in [0.2, 0.25) is 0 Å². The molecule has 0 fully saturated rings. The summed E-state index contributed by atoms with van der Waals surface area (Å²) < 4.78 is 11.9. The van der Waals surface area contributed by atoms with Crippen LogP contribution in [-0.4, -0.2) is 10.1 Å². The molecule has 96 valence electrons. The molecule has 0 aliphatic carbocycles. The molecule has 0 N–H and O–H groups in total. The number of nitrogens with zero attached hydrogens (tertiary/aromatic N) is 2. The van der Waals surface area contributed by atoms with Crippen LogP contribution in [0.3, 0.4) is 0 Å². The Hall–Kier alpha value is -1.41. The number of benzene rings is 1. The first kappa shape index (κ1) is 12.6. The van der Waals surface area contributed by atoms with Crippen LogP contribution in [0.4, 0.5) is 0 Å². The van der Waals surface area contributed by atoms with Crippen molar-refractivity contribution in [1.29, 1.82) is 0 Å². The Morgan fingerprint density at radius 2 is 2.11 bits per heavy atom. The summed E-state index contributed by atoms with van der Waals surface area (Å²) in [5.74, 6) is 1.90. The van der Waals surface area contributed by atoms with Gasteiger partial charge in [-0.25, -0.2) is 0 Å². The molecule has 6 heteroatoms. The van der Waals surface area contributed by atoms with Gasteiger partial charge in [0.2, 0.25) is 5.82 Å². The highest BCUT2D eigenvalue weighted by Crippen LogP contribution is 2.23. The van der Waals surface area contributed by atoms with Gasteiger partial charge in [-0.2, -0.15) is 4.98 Å². The van der Waals surface area contributed by atoms with Gasteiger partial charge in [-0.1, -0.05) is 23.4 Å². The van der Waals surface area contributed by atoms with E-state index in [1.165, 1.54) is 0 Å². The first-order valence-electron chi connectivity index (χ1n) is 5.57. The Morgan fingerprint density at radius 1 is 1.21 bits per heavy atom. The van der Waals surface area contributed by atoms with Crippen molar-refractivity contribution in [2.45, 2.75) is 6.61 Å². The average molecular weight is 384 g/mol. The Morgan fingerprint density at radius 3 is 2.89 bits per heavy atom. The van der Waals surface area contributed by atoms with Gasteiger partial charge < -0.3 is 9.26 Å². The molecule has 19 heavy (non-hydrogen) atoms. The Bertz CT molecular complexity index is 667. The van der Waals surface area contributed by atoms with E-state index in [4.69, 9.17) is 9.26 Å². The van der Waals surface area contributed by atoms with Crippen LogP contribution >= 0.6 is 33.9 Å². The van der Waals surface area contributed by atoms with Crippen molar-refractivity contribution in [1.82, 2.24) is 10.1 Å². The van der Waals surface area contributed by atoms with E-state index in [-0.39, 0.29) is 6.61 Å². The fourth-order valence-electron chi connectivity index (χ4n) is 1.52. The lowest BCUT2D eigenvalue weighted by Gasteiger charge is -2.04. The highest BCUT2D eigenvalue weighted by atomic mass is 127. The second kappa shape index (κ2) is 5.70. The molecule has 0 spiro atoms. The van der Waals surface area contributed by atoms with Gasteiger partial charge >= 0.3 is 0 Å². The Balaban J connectivity index is 1.70. The van der Waals surface area contributed by atoms with Crippen molar-refractivity contribution in [3.8, 4) is 16.5 Å². The number of para-hydroxylation sites is 1. The zero-order valence-corrected chi connectivity index (χ0v) is 12.7. The van der Waals surface area contributed by atoms with Gasteiger partial charge in [0, 0.05) is 0 Å². The van der Waals surface area contributed by atoms with Gasteiger partial charge in [-0.05, 0) is 46.2 Å². The Labute approximate surface area is 127 Å². The third-order valence-electron chi connectivity index (χ3n) is 2.40. The number of thiophene rings is 1. The molecule has 3 aromatic rings. The molecule has 0 aliphatic heterocycles. The molecule has 0 atom stereocenters. The number of hydrogen-bond acceptors (Lipinski definition) is 5. The van der Waals surface area contributed by atoms with Crippen LogP contribution in [0.5, 0.6) is 5.75 Å². The van der Waals surface area contributed by atoms with Gasteiger partial charge in [0.05, 0.1) is 8.45 Å². The molecule has 2 aromatic heterocycles. The van der Waals surface area contributed by atoms with Gasteiger partial charge in [-0.3, -0.25) is 0 Å². The summed E-state index contributed by atoms with van der Waals surface area (Å²) in [5.41, 5.74) is 0. The quantitative estimate of drug-likeness (QED) is 0.639. The SMILES string of the molecule is Ic1ccccc1OCc1nc(-c2cccs2)no1. The third-order valence-corrected chi connectivity index (χ3v) is 4.15. The lowest BCUT2D eigenvalue weighted by molar-refractivity contribution is 0.241. The molecule has 0 radical (unpaired) electrons. The summed E-state index contributed by atoms with van der Waals surface area (Å²) in [4.78, 5) is 5.29. The molecule has 0 unspecified atom stereocenters. The summed E-state index contributed by atoms with van der Waals surface area (Å²) in [6.07, 6.45) is 0. The third kappa shape index (κ3) is 2.95. The van der Waals surface area contributed by atoms with Crippen LogP contribution in [0, 0.1) is 3.57 Å². The molecule has 0 bridgehead atoms. The average Bonchev–Trinajstić information content (AvgIpc) is 3.09. The molecule has 1 aromatic carbocycles. The van der Waals surface area contributed by atoms with Crippen molar-refractivity contribution in [3.05, 3.63) is 51.2 Å². The highest BCUT2D eigenvalue weighted by Gasteiger charge is 2.10. The van der Waals surface area contributed by atoms with E-state index >= 15 is 0 Å². The number of aromatic nitrogens is 2. The minimum Gasteiger partial charge on any atom is -0.483 e. The van der Waals surface area contributed by atoms with Gasteiger partial charge in [-0.15, -0.1) is 11.3 Å². The molecular weight excluding hydrogens is 375 g/mol. The van der Waals surface area contributed by atoms with Crippen LogP contribution in [-0.2, 0) is 6.61 Å². The van der Waals surface area contributed by atoms with Crippen LogP contribution in [0.1, 0.15) is 5.89 Å². The molecule has 3 rings (SSSR count). The van der Waals surface area contributed by atoms with Crippen molar-refractivity contribution < 1.29 is 9.26 Å². The van der Waals surface area contributed by atoms with Crippen LogP contribution in [0.25, 0.3) is 10.7 Å². The van der Waals surface area contributed by atoms with Crippen LogP contribution < -0.4 is 4.74 Å². The number of rotatable bonds is 4.